The number of ether oxygens (including phenoxy) is 1. The number of hydrogen-bond donors (Lipinski definition) is 1. The highest BCUT2D eigenvalue weighted by atomic mass is 32.2. The van der Waals surface area contributed by atoms with Gasteiger partial charge in [0.1, 0.15) is 11.6 Å². The van der Waals surface area contributed by atoms with Crippen molar-refractivity contribution in [2.45, 2.75) is 6.04 Å². The molecule has 9 heteroatoms. The minimum absolute atomic E-state index is 0.121. The summed E-state index contributed by atoms with van der Waals surface area (Å²) in [7, 11) is -0.627. The van der Waals surface area contributed by atoms with E-state index >= 15 is 0 Å². The number of benzene rings is 1. The Balaban J connectivity index is 2.09. The molecule has 2 rings (SSSR count). The molecule has 1 aromatic rings. The van der Waals surface area contributed by atoms with Crippen molar-refractivity contribution in [2.75, 3.05) is 33.1 Å². The number of rotatable bonds is 5. The van der Waals surface area contributed by atoms with E-state index in [0.29, 0.717) is 0 Å². The Bertz CT molecular complexity index is 694. The van der Waals surface area contributed by atoms with Crippen LogP contribution in [0.4, 0.5) is 8.78 Å². The van der Waals surface area contributed by atoms with Gasteiger partial charge in [-0.15, -0.1) is 0 Å². The Morgan fingerprint density at radius 3 is 2.70 bits per heavy atom. The molecule has 0 saturated carbocycles. The fourth-order valence-electron chi connectivity index (χ4n) is 2.26. The molecule has 0 spiro atoms. The van der Waals surface area contributed by atoms with Crippen molar-refractivity contribution in [2.24, 2.45) is 5.92 Å². The van der Waals surface area contributed by atoms with Gasteiger partial charge in [-0.1, -0.05) is 0 Å². The van der Waals surface area contributed by atoms with Gasteiger partial charge in [0.25, 0.3) is 5.91 Å². The van der Waals surface area contributed by atoms with Crippen LogP contribution in [-0.2, 0) is 14.8 Å². The third-order valence-electron chi connectivity index (χ3n) is 3.67. The molecule has 1 aliphatic rings. The number of nitrogens with zero attached hydrogens (tertiary/aromatic N) is 1. The van der Waals surface area contributed by atoms with Crippen LogP contribution in [-0.4, -0.2) is 57.7 Å². The summed E-state index contributed by atoms with van der Waals surface area (Å²) in [5.41, 5.74) is -0.425. The van der Waals surface area contributed by atoms with Crippen LogP contribution < -0.4 is 5.32 Å². The highest BCUT2D eigenvalue weighted by Gasteiger charge is 2.34. The molecule has 1 aliphatic heterocycles. The molecule has 1 fully saturated rings. The molecule has 23 heavy (non-hydrogen) atoms. The lowest BCUT2D eigenvalue weighted by Gasteiger charge is -2.21. The third-order valence-corrected chi connectivity index (χ3v) is 5.63. The van der Waals surface area contributed by atoms with E-state index in [1.807, 2.05) is 0 Å². The summed E-state index contributed by atoms with van der Waals surface area (Å²) in [5, 5.41) is 2.52. The predicted molar refractivity (Wildman–Crippen MR) is 79.4 cm³/mol. The van der Waals surface area contributed by atoms with E-state index in [9.17, 15) is 22.0 Å². The third kappa shape index (κ3) is 4.24. The van der Waals surface area contributed by atoms with Crippen LogP contribution >= 0.6 is 0 Å². The van der Waals surface area contributed by atoms with Gasteiger partial charge in [-0.3, -0.25) is 4.79 Å². The average Bonchev–Trinajstić information content (AvgIpc) is 2.87. The molecule has 0 aliphatic carbocycles. The van der Waals surface area contributed by atoms with Gasteiger partial charge in [0.15, 0.2) is 0 Å². The van der Waals surface area contributed by atoms with Gasteiger partial charge < -0.3 is 10.1 Å². The summed E-state index contributed by atoms with van der Waals surface area (Å²) in [6.07, 6.45) is 0. The number of amides is 1. The normalized spacial score (nSPS) is 21.6. The largest absolute Gasteiger partial charge is 0.379 e. The highest BCUT2D eigenvalue weighted by molar-refractivity contribution is 7.89. The van der Waals surface area contributed by atoms with Crippen LogP contribution in [0.5, 0.6) is 0 Å². The van der Waals surface area contributed by atoms with E-state index in [1.165, 1.54) is 14.1 Å². The zero-order valence-corrected chi connectivity index (χ0v) is 13.6. The van der Waals surface area contributed by atoms with Crippen LogP contribution in [0.25, 0.3) is 0 Å². The second-order valence-electron chi connectivity index (χ2n) is 5.56. The van der Waals surface area contributed by atoms with Gasteiger partial charge in [-0.2, -0.15) is 0 Å². The smallest absolute Gasteiger partial charge is 0.254 e. The molecule has 1 aromatic carbocycles. The van der Waals surface area contributed by atoms with E-state index in [4.69, 9.17) is 4.74 Å². The summed E-state index contributed by atoms with van der Waals surface area (Å²) in [6, 6.07) is 1.99. The standard InChI is InChI=1S/C14H18F2N2O4S/c1-18(2)23(20,21)8-9-6-22-7-13(9)17-14(19)11-5-10(15)3-4-12(11)16/h3-5,9,13H,6-8H2,1-2H3,(H,17,19)/t9-,13+/m0/s1. The monoisotopic (exact) mass is 348 g/mol. The Labute approximate surface area is 133 Å². The maximum Gasteiger partial charge on any atom is 0.254 e. The summed E-state index contributed by atoms with van der Waals surface area (Å²) in [4.78, 5) is 12.1. The molecule has 0 radical (unpaired) electrons. The highest BCUT2D eigenvalue weighted by Crippen LogP contribution is 2.18. The van der Waals surface area contributed by atoms with Crippen molar-refractivity contribution in [1.29, 1.82) is 0 Å². The first-order valence-electron chi connectivity index (χ1n) is 6.94. The number of sulfonamides is 1. The fraction of sp³-hybridized carbons (Fsp3) is 0.500. The van der Waals surface area contributed by atoms with Crippen LogP contribution in [0.15, 0.2) is 18.2 Å². The van der Waals surface area contributed by atoms with E-state index in [2.05, 4.69) is 5.32 Å². The van der Waals surface area contributed by atoms with Crippen molar-refractivity contribution in [1.82, 2.24) is 9.62 Å². The van der Waals surface area contributed by atoms with Gasteiger partial charge >= 0.3 is 0 Å². The topological polar surface area (TPSA) is 75.7 Å². The Morgan fingerprint density at radius 2 is 2.04 bits per heavy atom. The molecule has 128 valence electrons. The van der Waals surface area contributed by atoms with Crippen LogP contribution in [0, 0.1) is 17.6 Å². The lowest BCUT2D eigenvalue weighted by molar-refractivity contribution is 0.0921. The first-order valence-corrected chi connectivity index (χ1v) is 8.55. The summed E-state index contributed by atoms with van der Waals surface area (Å²) < 4.78 is 56.9. The minimum Gasteiger partial charge on any atom is -0.379 e. The molecule has 0 aromatic heterocycles. The number of nitrogens with one attached hydrogen (secondary N) is 1. The molecular weight excluding hydrogens is 330 g/mol. The average molecular weight is 348 g/mol. The van der Waals surface area contributed by atoms with Crippen LogP contribution in [0.1, 0.15) is 10.4 Å². The molecule has 1 heterocycles. The van der Waals surface area contributed by atoms with E-state index in [0.717, 1.165) is 22.5 Å². The number of carbonyl (C=O) groups excluding carboxylic acids is 1. The van der Waals surface area contributed by atoms with E-state index in [-0.39, 0.29) is 19.0 Å². The Morgan fingerprint density at radius 1 is 1.35 bits per heavy atom. The first kappa shape index (κ1) is 17.8. The van der Waals surface area contributed by atoms with Crippen molar-refractivity contribution in [3.8, 4) is 0 Å². The van der Waals surface area contributed by atoms with E-state index < -0.39 is 45.1 Å². The van der Waals surface area contributed by atoms with Crippen molar-refractivity contribution < 1.29 is 26.7 Å². The van der Waals surface area contributed by atoms with Gasteiger partial charge in [0.05, 0.1) is 30.6 Å². The molecular formula is C14H18F2N2O4S. The van der Waals surface area contributed by atoms with Crippen LogP contribution in [0.2, 0.25) is 0 Å². The quantitative estimate of drug-likeness (QED) is 0.846. The lowest BCUT2D eigenvalue weighted by atomic mass is 10.1. The van der Waals surface area contributed by atoms with Gasteiger partial charge in [-0.25, -0.2) is 21.5 Å². The predicted octanol–water partition coefficient (Wildman–Crippen LogP) is 0.601. The second-order valence-corrected chi connectivity index (χ2v) is 7.79. The molecule has 1 amide bonds. The lowest BCUT2D eigenvalue weighted by Crippen LogP contribution is -2.43. The van der Waals surface area contributed by atoms with Gasteiger partial charge in [0, 0.05) is 20.0 Å². The van der Waals surface area contributed by atoms with Crippen LogP contribution in [0.3, 0.4) is 0 Å². The number of hydrogen-bond acceptors (Lipinski definition) is 4. The van der Waals surface area contributed by atoms with Crippen molar-refractivity contribution in [3.63, 3.8) is 0 Å². The molecule has 2 atom stereocenters. The zero-order valence-electron chi connectivity index (χ0n) is 12.8. The molecule has 0 bridgehead atoms. The minimum atomic E-state index is -3.46. The molecule has 1 N–H and O–H groups in total. The van der Waals surface area contributed by atoms with E-state index in [1.54, 1.807) is 0 Å². The number of halogens is 2. The Kier molecular flexibility index (Phi) is 5.33. The summed E-state index contributed by atoms with van der Waals surface area (Å²) in [5.74, 6) is -3.03. The SMILES string of the molecule is CN(C)S(=O)(=O)C[C@@H]1COC[C@H]1NC(=O)c1cc(F)ccc1F. The van der Waals surface area contributed by atoms with Gasteiger partial charge in [0.2, 0.25) is 10.0 Å². The summed E-state index contributed by atoms with van der Waals surface area (Å²) >= 11 is 0. The summed E-state index contributed by atoms with van der Waals surface area (Å²) in [6.45, 7) is 0.292. The van der Waals surface area contributed by atoms with Gasteiger partial charge in [-0.05, 0) is 18.2 Å². The zero-order chi connectivity index (χ0) is 17.2. The molecule has 1 saturated heterocycles. The first-order chi connectivity index (χ1) is 10.7. The molecule has 0 unspecified atom stereocenters. The number of carbonyl (C=O) groups is 1. The fourth-order valence-corrected chi connectivity index (χ4v) is 3.43. The maximum absolute atomic E-state index is 13.6. The van der Waals surface area contributed by atoms with Crippen molar-refractivity contribution >= 4 is 15.9 Å². The Hall–Kier alpha value is -1.58. The molecule has 6 nitrogen and oxygen atoms in total. The maximum atomic E-state index is 13.6. The second kappa shape index (κ2) is 6.90. The van der Waals surface area contributed by atoms with Crippen molar-refractivity contribution in [3.05, 3.63) is 35.4 Å².